The minimum absolute atomic E-state index is 0. The standard InChI is InChI=1S/C25H24F5NO5S2.CH4/c1-2-3-16-12-17-18-13-36-23-20(27)9-8-19(26)22(23)24(18,11-10-21(17)31-38(16,34)35)37(32,33)15-6-4-14(5-7-15)25(28,29)30;/h2,4-9,16-18,21,31H,1,3,10-13H2;1H4/t16-,17+,18+,21-,24+;/m1./s1. The zero-order chi connectivity index (χ0) is 27.7. The van der Waals surface area contributed by atoms with Gasteiger partial charge in [0.05, 0.1) is 27.9 Å². The van der Waals surface area contributed by atoms with Crippen molar-refractivity contribution in [2.24, 2.45) is 11.8 Å². The summed E-state index contributed by atoms with van der Waals surface area (Å²) in [6, 6.07) is 3.80. The van der Waals surface area contributed by atoms with Crippen LogP contribution in [0.25, 0.3) is 0 Å². The Morgan fingerprint density at radius 2 is 1.74 bits per heavy atom. The molecule has 13 heteroatoms. The maximum atomic E-state index is 15.5. The van der Waals surface area contributed by atoms with Gasteiger partial charge in [0.2, 0.25) is 10.0 Å². The highest BCUT2D eigenvalue weighted by atomic mass is 32.2. The molecule has 2 fully saturated rings. The van der Waals surface area contributed by atoms with Crippen LogP contribution < -0.4 is 9.46 Å². The number of rotatable bonds is 4. The average molecular weight is 594 g/mol. The topological polar surface area (TPSA) is 89.5 Å². The van der Waals surface area contributed by atoms with Crippen molar-refractivity contribution < 1.29 is 43.5 Å². The number of nitrogens with one attached hydrogen (secondary N) is 1. The number of fused-ring (bicyclic) bond motifs is 5. The van der Waals surface area contributed by atoms with E-state index in [1.165, 1.54) is 6.08 Å². The Morgan fingerprint density at radius 1 is 1.10 bits per heavy atom. The van der Waals surface area contributed by atoms with Crippen LogP contribution in [-0.4, -0.2) is 34.7 Å². The molecule has 0 bridgehead atoms. The van der Waals surface area contributed by atoms with Crippen LogP contribution in [0.3, 0.4) is 0 Å². The predicted octanol–water partition coefficient (Wildman–Crippen LogP) is 5.34. The van der Waals surface area contributed by atoms with Gasteiger partial charge in [0.15, 0.2) is 21.4 Å². The van der Waals surface area contributed by atoms with Gasteiger partial charge in [-0.05, 0) is 68.0 Å². The van der Waals surface area contributed by atoms with Crippen molar-refractivity contribution in [3.8, 4) is 5.75 Å². The number of ether oxygens (including phenoxy) is 1. The van der Waals surface area contributed by atoms with Crippen molar-refractivity contribution in [2.45, 2.75) is 60.2 Å². The third kappa shape index (κ3) is 4.46. The molecular weight excluding hydrogens is 565 g/mol. The molecule has 0 radical (unpaired) electrons. The Morgan fingerprint density at radius 3 is 2.36 bits per heavy atom. The molecular formula is C26H28F5NO5S2. The second kappa shape index (κ2) is 9.84. The first-order chi connectivity index (χ1) is 17.7. The van der Waals surface area contributed by atoms with E-state index in [2.05, 4.69) is 11.3 Å². The summed E-state index contributed by atoms with van der Waals surface area (Å²) in [6.45, 7) is 3.24. The van der Waals surface area contributed by atoms with Gasteiger partial charge < -0.3 is 4.74 Å². The lowest BCUT2D eigenvalue weighted by molar-refractivity contribution is -0.137. The van der Waals surface area contributed by atoms with Crippen molar-refractivity contribution in [3.63, 3.8) is 0 Å². The molecule has 1 aliphatic carbocycles. The van der Waals surface area contributed by atoms with E-state index in [1.807, 2.05) is 0 Å². The number of sulfonamides is 1. The molecule has 2 aliphatic heterocycles. The normalized spacial score (nSPS) is 29.6. The number of hydrogen-bond acceptors (Lipinski definition) is 5. The molecule has 2 aromatic carbocycles. The Kier molecular flexibility index (Phi) is 7.44. The molecule has 0 amide bonds. The summed E-state index contributed by atoms with van der Waals surface area (Å²) in [6.07, 6.45) is -3.48. The molecule has 5 atom stereocenters. The van der Waals surface area contributed by atoms with Crippen molar-refractivity contribution in [3.05, 3.63) is 71.8 Å². The van der Waals surface area contributed by atoms with Gasteiger partial charge >= 0.3 is 6.18 Å². The van der Waals surface area contributed by atoms with E-state index in [4.69, 9.17) is 4.74 Å². The van der Waals surface area contributed by atoms with Gasteiger partial charge in [-0.1, -0.05) is 13.5 Å². The van der Waals surface area contributed by atoms with E-state index in [0.29, 0.717) is 12.1 Å². The number of alkyl halides is 3. The zero-order valence-electron chi connectivity index (χ0n) is 19.8. The summed E-state index contributed by atoms with van der Waals surface area (Å²) in [5.74, 6) is -4.23. The molecule has 1 saturated heterocycles. The third-order valence-electron chi connectivity index (χ3n) is 8.04. The van der Waals surface area contributed by atoms with E-state index in [1.54, 1.807) is 0 Å². The quantitative estimate of drug-likeness (QED) is 0.382. The molecule has 2 heterocycles. The molecule has 39 heavy (non-hydrogen) atoms. The zero-order valence-corrected chi connectivity index (χ0v) is 21.5. The summed E-state index contributed by atoms with van der Waals surface area (Å²) in [7, 11) is -8.41. The first-order valence-electron chi connectivity index (χ1n) is 11.9. The second-order valence-corrected chi connectivity index (χ2v) is 14.1. The number of halogens is 5. The third-order valence-corrected chi connectivity index (χ3v) is 12.5. The van der Waals surface area contributed by atoms with Crippen molar-refractivity contribution in [2.75, 3.05) is 6.61 Å². The number of hydrogen-bond donors (Lipinski definition) is 1. The Bertz CT molecular complexity index is 1490. The van der Waals surface area contributed by atoms with Gasteiger partial charge in [-0.15, -0.1) is 6.58 Å². The lowest BCUT2D eigenvalue weighted by Gasteiger charge is -2.54. The minimum Gasteiger partial charge on any atom is -0.490 e. The van der Waals surface area contributed by atoms with Gasteiger partial charge in [0.25, 0.3) is 0 Å². The average Bonchev–Trinajstić information content (AvgIpc) is 2.85. The predicted molar refractivity (Wildman–Crippen MR) is 134 cm³/mol. The van der Waals surface area contributed by atoms with Gasteiger partial charge in [0.1, 0.15) is 10.6 Å². The molecule has 0 spiro atoms. The van der Waals surface area contributed by atoms with E-state index < -0.39 is 87.3 Å². The number of allylic oxidation sites excluding steroid dienone is 1. The van der Waals surface area contributed by atoms with Gasteiger partial charge in [0, 0.05) is 12.0 Å². The van der Waals surface area contributed by atoms with Crippen LogP contribution in [0, 0.1) is 23.5 Å². The molecule has 214 valence electrons. The van der Waals surface area contributed by atoms with E-state index in [-0.39, 0.29) is 39.7 Å². The van der Waals surface area contributed by atoms with E-state index in [0.717, 1.165) is 24.3 Å². The van der Waals surface area contributed by atoms with Crippen molar-refractivity contribution in [1.82, 2.24) is 4.72 Å². The maximum absolute atomic E-state index is 15.5. The highest BCUT2D eigenvalue weighted by Gasteiger charge is 2.64. The molecule has 0 aromatic heterocycles. The van der Waals surface area contributed by atoms with Crippen LogP contribution in [0.1, 0.15) is 44.2 Å². The Balaban J connectivity index is 0.00000353. The first-order valence-corrected chi connectivity index (χ1v) is 14.9. The lowest BCUT2D eigenvalue weighted by Crippen LogP contribution is -2.63. The smallest absolute Gasteiger partial charge is 0.416 e. The van der Waals surface area contributed by atoms with E-state index >= 15 is 4.39 Å². The van der Waals surface area contributed by atoms with E-state index in [9.17, 15) is 34.4 Å². The van der Waals surface area contributed by atoms with Gasteiger partial charge in [-0.3, -0.25) is 0 Å². The molecule has 2 aromatic rings. The fraction of sp³-hybridized carbons (Fsp3) is 0.462. The van der Waals surface area contributed by atoms with Crippen LogP contribution in [0.4, 0.5) is 22.0 Å². The summed E-state index contributed by atoms with van der Waals surface area (Å²) < 4.78 is 130. The minimum atomic E-state index is -4.71. The second-order valence-electron chi connectivity index (χ2n) is 9.92. The number of benzene rings is 2. The molecule has 0 unspecified atom stereocenters. The number of sulfone groups is 1. The highest BCUT2D eigenvalue weighted by molar-refractivity contribution is 7.92. The van der Waals surface area contributed by atoms with Crippen LogP contribution in [0.5, 0.6) is 5.75 Å². The largest absolute Gasteiger partial charge is 0.490 e. The summed E-state index contributed by atoms with van der Waals surface area (Å²) >= 11 is 0. The molecule has 1 saturated carbocycles. The Hall–Kier alpha value is -2.51. The van der Waals surface area contributed by atoms with Crippen LogP contribution in [0.2, 0.25) is 0 Å². The summed E-state index contributed by atoms with van der Waals surface area (Å²) in [4.78, 5) is -0.482. The van der Waals surface area contributed by atoms with Gasteiger partial charge in [-0.2, -0.15) is 13.2 Å². The SMILES string of the molecule is C.C=CC[C@@H]1C[C@@H]2[C@@H](CC[C@@]3(S(=O)(=O)c4ccc(C(F)(F)F)cc4)c4c(F)ccc(F)c4OC[C@@H]23)NS1(=O)=O. The fourth-order valence-corrected chi connectivity index (χ4v) is 10.5. The summed E-state index contributed by atoms with van der Waals surface area (Å²) in [5, 5.41) is -0.926. The van der Waals surface area contributed by atoms with Crippen LogP contribution in [0.15, 0.2) is 53.9 Å². The molecule has 5 rings (SSSR count). The maximum Gasteiger partial charge on any atom is 0.416 e. The summed E-state index contributed by atoms with van der Waals surface area (Å²) in [5.41, 5.74) is -1.58. The highest BCUT2D eigenvalue weighted by Crippen LogP contribution is 2.59. The molecule has 1 N–H and O–H groups in total. The lowest BCUT2D eigenvalue weighted by atomic mass is 9.64. The van der Waals surface area contributed by atoms with Crippen LogP contribution in [-0.2, 0) is 30.8 Å². The molecule has 6 nitrogen and oxygen atoms in total. The monoisotopic (exact) mass is 593 g/mol. The fourth-order valence-electron chi connectivity index (χ4n) is 6.33. The molecule has 3 aliphatic rings. The van der Waals surface area contributed by atoms with Crippen molar-refractivity contribution in [1.29, 1.82) is 0 Å². The van der Waals surface area contributed by atoms with Gasteiger partial charge in [-0.25, -0.2) is 30.3 Å². The Labute approximate surface area is 224 Å². The van der Waals surface area contributed by atoms with Crippen molar-refractivity contribution >= 4 is 19.9 Å². The van der Waals surface area contributed by atoms with Crippen LogP contribution >= 0.6 is 0 Å². The first kappa shape index (κ1) is 29.5.